The average Bonchev–Trinajstić information content (AvgIpc) is 2.29. The normalized spacial score (nSPS) is 14.6. The summed E-state index contributed by atoms with van der Waals surface area (Å²) in [5.41, 5.74) is 1.73. The molecule has 0 spiro atoms. The Bertz CT molecular complexity index is 501. The first-order valence-electron chi connectivity index (χ1n) is 6.10. The van der Waals surface area contributed by atoms with E-state index in [0.29, 0.717) is 13.1 Å². The Morgan fingerprint density at radius 1 is 1.42 bits per heavy atom. The van der Waals surface area contributed by atoms with E-state index in [-0.39, 0.29) is 24.3 Å². The highest BCUT2D eigenvalue weighted by Gasteiger charge is 2.24. The minimum absolute atomic E-state index is 0.000376. The van der Waals surface area contributed by atoms with E-state index in [9.17, 15) is 9.59 Å². The van der Waals surface area contributed by atoms with Crippen LogP contribution in [-0.2, 0) is 9.59 Å². The maximum atomic E-state index is 11.8. The molecule has 2 amide bonds. The third kappa shape index (κ3) is 3.78. The smallest absolute Gasteiger partial charge is 0.243 e. The molecule has 0 aromatic heterocycles. The molecule has 1 aliphatic rings. The molecule has 0 atom stereocenters. The summed E-state index contributed by atoms with van der Waals surface area (Å²) < 4.78 is 0.901. The number of carbonyl (C=O) groups is 2. The Balaban J connectivity index is 1.83. The van der Waals surface area contributed by atoms with Gasteiger partial charge in [0.05, 0.1) is 12.5 Å². The van der Waals surface area contributed by atoms with Crippen LogP contribution in [0.25, 0.3) is 0 Å². The maximum absolute atomic E-state index is 11.8. The quantitative estimate of drug-likeness (QED) is 0.774. The highest BCUT2D eigenvalue weighted by atomic mass is 79.9. The van der Waals surface area contributed by atoms with Crippen LogP contribution in [0.1, 0.15) is 5.56 Å². The van der Waals surface area contributed by atoms with Crippen LogP contribution in [0.2, 0.25) is 0 Å². The number of nitrogens with one attached hydrogen (secondary N) is 3. The minimum atomic E-state index is -0.221. The van der Waals surface area contributed by atoms with Crippen LogP contribution in [0.3, 0.4) is 0 Å². The summed E-state index contributed by atoms with van der Waals surface area (Å²) in [4.78, 5) is 23.3. The van der Waals surface area contributed by atoms with Crippen molar-refractivity contribution in [2.75, 3.05) is 25.0 Å². The first kappa shape index (κ1) is 14.0. The molecule has 1 aromatic rings. The number of benzene rings is 1. The fraction of sp³-hybridized carbons (Fsp3) is 0.385. The van der Waals surface area contributed by atoms with Crippen LogP contribution >= 0.6 is 15.9 Å². The lowest BCUT2D eigenvalue weighted by Crippen LogP contribution is -2.51. The molecule has 0 bridgehead atoms. The second-order valence-electron chi connectivity index (χ2n) is 4.58. The molecule has 3 N–H and O–H groups in total. The maximum Gasteiger partial charge on any atom is 0.243 e. The highest BCUT2D eigenvalue weighted by Crippen LogP contribution is 2.20. The van der Waals surface area contributed by atoms with Gasteiger partial charge in [0.25, 0.3) is 0 Å². The Kier molecular flexibility index (Phi) is 4.55. The third-order valence-corrected chi connectivity index (χ3v) is 3.54. The third-order valence-electron chi connectivity index (χ3n) is 3.05. The number of aryl methyl sites for hydroxylation is 1. The van der Waals surface area contributed by atoms with Gasteiger partial charge in [-0.1, -0.05) is 22.0 Å². The lowest BCUT2D eigenvalue weighted by atomic mass is 10.0. The molecular formula is C13H16BrN3O2. The van der Waals surface area contributed by atoms with Crippen LogP contribution in [0, 0.1) is 12.8 Å². The highest BCUT2D eigenvalue weighted by molar-refractivity contribution is 9.10. The lowest BCUT2D eigenvalue weighted by molar-refractivity contribution is -0.128. The van der Waals surface area contributed by atoms with Gasteiger partial charge in [-0.2, -0.15) is 0 Å². The molecule has 5 nitrogen and oxygen atoms in total. The van der Waals surface area contributed by atoms with Crippen molar-refractivity contribution in [2.45, 2.75) is 6.92 Å². The fourth-order valence-corrected chi connectivity index (χ4v) is 2.07. The van der Waals surface area contributed by atoms with Crippen LogP contribution in [0.15, 0.2) is 22.7 Å². The molecule has 0 aliphatic carbocycles. The van der Waals surface area contributed by atoms with E-state index in [1.165, 1.54) is 0 Å². The molecule has 0 saturated carbocycles. The van der Waals surface area contributed by atoms with Crippen molar-refractivity contribution in [2.24, 2.45) is 5.92 Å². The lowest BCUT2D eigenvalue weighted by Gasteiger charge is -2.25. The number of rotatable bonds is 4. The molecule has 19 heavy (non-hydrogen) atoms. The largest absolute Gasteiger partial charge is 0.347 e. The van der Waals surface area contributed by atoms with Gasteiger partial charge < -0.3 is 16.0 Å². The molecule has 2 rings (SSSR count). The van der Waals surface area contributed by atoms with Crippen LogP contribution in [0.5, 0.6) is 0 Å². The molecule has 1 fully saturated rings. The Hall–Kier alpha value is -1.40. The first-order chi connectivity index (χ1) is 9.06. The number of hydrogen-bond acceptors (Lipinski definition) is 3. The molecule has 1 aliphatic heterocycles. The predicted molar refractivity (Wildman–Crippen MR) is 76.9 cm³/mol. The average molecular weight is 326 g/mol. The van der Waals surface area contributed by atoms with E-state index >= 15 is 0 Å². The Labute approximate surface area is 120 Å². The number of hydrogen-bond donors (Lipinski definition) is 3. The molecule has 0 radical (unpaired) electrons. The zero-order valence-corrected chi connectivity index (χ0v) is 12.2. The molecule has 0 unspecified atom stereocenters. The van der Waals surface area contributed by atoms with Gasteiger partial charge in [0.15, 0.2) is 0 Å². The Morgan fingerprint density at radius 2 is 2.16 bits per heavy atom. The number of amides is 2. The number of halogens is 1. The summed E-state index contributed by atoms with van der Waals surface area (Å²) in [5.74, 6) is -0.290. The van der Waals surface area contributed by atoms with Gasteiger partial charge in [-0.05, 0) is 24.6 Å². The molecule has 6 heteroatoms. The van der Waals surface area contributed by atoms with Crippen LogP contribution in [0.4, 0.5) is 5.69 Å². The van der Waals surface area contributed by atoms with Crippen molar-refractivity contribution < 1.29 is 9.59 Å². The summed E-state index contributed by atoms with van der Waals surface area (Å²) in [7, 11) is 0. The monoisotopic (exact) mass is 325 g/mol. The summed E-state index contributed by atoms with van der Waals surface area (Å²) in [6.07, 6.45) is 0. The second kappa shape index (κ2) is 6.16. The molecule has 102 valence electrons. The summed E-state index contributed by atoms with van der Waals surface area (Å²) in [5, 5.41) is 8.43. The fourth-order valence-electron chi connectivity index (χ4n) is 1.71. The van der Waals surface area contributed by atoms with E-state index in [4.69, 9.17) is 0 Å². The van der Waals surface area contributed by atoms with Crippen LogP contribution < -0.4 is 16.0 Å². The van der Waals surface area contributed by atoms with Crippen molar-refractivity contribution in [1.29, 1.82) is 0 Å². The van der Waals surface area contributed by atoms with Gasteiger partial charge in [0.2, 0.25) is 11.8 Å². The minimum Gasteiger partial charge on any atom is -0.347 e. The number of carbonyl (C=O) groups excluding carboxylic acids is 2. The number of anilines is 1. The zero-order chi connectivity index (χ0) is 13.8. The summed E-state index contributed by atoms with van der Waals surface area (Å²) >= 11 is 3.36. The van der Waals surface area contributed by atoms with Gasteiger partial charge in [-0.25, -0.2) is 0 Å². The zero-order valence-electron chi connectivity index (χ0n) is 10.6. The topological polar surface area (TPSA) is 70.2 Å². The van der Waals surface area contributed by atoms with E-state index in [1.807, 2.05) is 25.1 Å². The predicted octanol–water partition coefficient (Wildman–Crippen LogP) is 1.03. The van der Waals surface area contributed by atoms with Crippen molar-refractivity contribution in [1.82, 2.24) is 10.6 Å². The van der Waals surface area contributed by atoms with E-state index in [1.54, 1.807) is 0 Å². The van der Waals surface area contributed by atoms with Crippen molar-refractivity contribution in [3.05, 3.63) is 28.2 Å². The Morgan fingerprint density at radius 3 is 2.79 bits per heavy atom. The molecule has 1 heterocycles. The van der Waals surface area contributed by atoms with Crippen molar-refractivity contribution in [3.8, 4) is 0 Å². The van der Waals surface area contributed by atoms with E-state index in [0.717, 1.165) is 15.7 Å². The molecule has 1 saturated heterocycles. The second-order valence-corrected chi connectivity index (χ2v) is 5.50. The van der Waals surface area contributed by atoms with Gasteiger partial charge in [-0.15, -0.1) is 0 Å². The van der Waals surface area contributed by atoms with E-state index in [2.05, 4.69) is 31.9 Å². The van der Waals surface area contributed by atoms with Gasteiger partial charge in [0.1, 0.15) is 0 Å². The van der Waals surface area contributed by atoms with Crippen LogP contribution in [-0.4, -0.2) is 31.4 Å². The van der Waals surface area contributed by atoms with Gasteiger partial charge in [-0.3, -0.25) is 9.59 Å². The summed E-state index contributed by atoms with van der Waals surface area (Å²) in [6.45, 7) is 3.30. The van der Waals surface area contributed by atoms with Crippen molar-refractivity contribution in [3.63, 3.8) is 0 Å². The molecule has 1 aromatic carbocycles. The summed E-state index contributed by atoms with van der Waals surface area (Å²) in [6, 6.07) is 5.67. The van der Waals surface area contributed by atoms with Gasteiger partial charge in [0, 0.05) is 23.2 Å². The molecular weight excluding hydrogens is 310 g/mol. The van der Waals surface area contributed by atoms with E-state index < -0.39 is 0 Å². The standard InChI is InChI=1S/C13H16BrN3O2/c1-8-2-3-10(14)4-11(8)17-12(18)7-16-13(19)9-5-15-6-9/h2-4,9,15H,5-7H2,1H3,(H,16,19)(H,17,18). The van der Waals surface area contributed by atoms with Crippen molar-refractivity contribution >= 4 is 33.4 Å². The SMILES string of the molecule is Cc1ccc(Br)cc1NC(=O)CNC(=O)C1CNC1. The van der Waals surface area contributed by atoms with Gasteiger partial charge >= 0.3 is 0 Å². The first-order valence-corrected chi connectivity index (χ1v) is 6.90.